The fraction of sp³-hybridized carbons (Fsp3) is 0.955. The molecule has 4 N–H and O–H groups in total. The van der Waals surface area contributed by atoms with Crippen LogP contribution in [-0.2, 0) is 14.6 Å². The summed E-state index contributed by atoms with van der Waals surface area (Å²) in [6.07, 6.45) is 9.64. The molecule has 2 aliphatic heterocycles. The number of hydrogen-bond donors (Lipinski definition) is 4. The van der Waals surface area contributed by atoms with Crippen molar-refractivity contribution in [1.29, 1.82) is 0 Å². The van der Waals surface area contributed by atoms with Gasteiger partial charge >= 0.3 is 0 Å². The van der Waals surface area contributed by atoms with Crippen LogP contribution in [0.2, 0.25) is 0 Å². The number of fused-ring (bicyclic) bond motifs is 1. The zero-order chi connectivity index (χ0) is 21.1. The maximum absolute atomic E-state index is 13.2. The topological polar surface area (TPSA) is 99.3 Å². The van der Waals surface area contributed by atoms with Crippen LogP contribution < -0.4 is 21.5 Å². The number of carbonyl (C=O) groups excluding carboxylic acids is 1. The Bertz CT molecular complexity index is 692. The minimum atomic E-state index is -3.02. The minimum absolute atomic E-state index is 0.0301. The summed E-state index contributed by atoms with van der Waals surface area (Å²) in [4.78, 5) is 12.6. The van der Waals surface area contributed by atoms with Gasteiger partial charge in [0.2, 0.25) is 5.91 Å². The number of piperidine rings is 1. The molecule has 5 unspecified atom stereocenters. The van der Waals surface area contributed by atoms with Crippen molar-refractivity contribution in [3.63, 3.8) is 0 Å². The van der Waals surface area contributed by atoms with Crippen molar-refractivity contribution < 1.29 is 13.2 Å². The van der Waals surface area contributed by atoms with Gasteiger partial charge in [-0.3, -0.25) is 15.5 Å². The van der Waals surface area contributed by atoms with Gasteiger partial charge in [0.1, 0.15) is 0 Å². The summed E-state index contributed by atoms with van der Waals surface area (Å²) >= 11 is 0. The Kier molecular flexibility index (Phi) is 7.38. The molecule has 2 aliphatic carbocycles. The molecule has 4 rings (SSSR count). The van der Waals surface area contributed by atoms with Crippen molar-refractivity contribution in [1.82, 2.24) is 21.5 Å². The predicted octanol–water partition coefficient (Wildman–Crippen LogP) is 1.70. The van der Waals surface area contributed by atoms with Gasteiger partial charge in [-0.1, -0.05) is 26.2 Å². The van der Waals surface area contributed by atoms with Crippen LogP contribution in [0.4, 0.5) is 0 Å². The molecule has 0 aromatic carbocycles. The van der Waals surface area contributed by atoms with Gasteiger partial charge in [0.05, 0.1) is 22.6 Å². The van der Waals surface area contributed by atoms with E-state index in [1.165, 1.54) is 6.42 Å². The van der Waals surface area contributed by atoms with E-state index >= 15 is 0 Å². The molecule has 2 saturated heterocycles. The third-order valence-corrected chi connectivity index (χ3v) is 11.0. The average Bonchev–Trinajstić information content (AvgIpc) is 3.25. The van der Waals surface area contributed by atoms with E-state index in [4.69, 9.17) is 0 Å². The fourth-order valence-corrected chi connectivity index (χ4v) is 8.64. The second-order valence-corrected chi connectivity index (χ2v) is 12.7. The van der Waals surface area contributed by atoms with Gasteiger partial charge in [0, 0.05) is 25.6 Å². The highest BCUT2D eigenvalue weighted by atomic mass is 32.2. The summed E-state index contributed by atoms with van der Waals surface area (Å²) < 4.78 is 26.4. The lowest BCUT2D eigenvalue weighted by Gasteiger charge is -2.35. The van der Waals surface area contributed by atoms with E-state index in [9.17, 15) is 13.2 Å². The highest BCUT2D eigenvalue weighted by molar-refractivity contribution is 7.92. The minimum Gasteiger partial charge on any atom is -0.356 e. The second-order valence-electron chi connectivity index (χ2n) is 10.1. The number of nitrogens with one attached hydrogen (secondary N) is 4. The van der Waals surface area contributed by atoms with E-state index in [1.807, 2.05) is 0 Å². The number of sulfone groups is 1. The predicted molar refractivity (Wildman–Crippen MR) is 118 cm³/mol. The van der Waals surface area contributed by atoms with Crippen LogP contribution in [0.25, 0.3) is 0 Å². The highest BCUT2D eigenvalue weighted by Gasteiger charge is 2.39. The Morgan fingerprint density at radius 2 is 1.77 bits per heavy atom. The zero-order valence-corrected chi connectivity index (χ0v) is 19.2. The van der Waals surface area contributed by atoms with Crippen molar-refractivity contribution in [2.75, 3.05) is 19.6 Å². The molecule has 2 saturated carbocycles. The Morgan fingerprint density at radius 3 is 2.53 bits per heavy atom. The first-order valence-electron chi connectivity index (χ1n) is 12.2. The monoisotopic (exact) mass is 440 g/mol. The maximum Gasteiger partial charge on any atom is 0.224 e. The summed E-state index contributed by atoms with van der Waals surface area (Å²) in [6, 6.07) is 0. The number of rotatable bonds is 6. The van der Waals surface area contributed by atoms with Gasteiger partial charge in [0.25, 0.3) is 0 Å². The second kappa shape index (κ2) is 9.84. The molecule has 0 aromatic rings. The lowest BCUT2D eigenvalue weighted by Crippen LogP contribution is -2.53. The molecule has 30 heavy (non-hydrogen) atoms. The van der Waals surface area contributed by atoms with Crippen LogP contribution in [-0.4, -0.2) is 50.6 Å². The first-order valence-corrected chi connectivity index (χ1v) is 13.8. The third kappa shape index (κ3) is 5.03. The van der Waals surface area contributed by atoms with Crippen LogP contribution in [0.15, 0.2) is 0 Å². The summed E-state index contributed by atoms with van der Waals surface area (Å²) in [7, 11) is -3.02. The molecule has 0 spiro atoms. The summed E-state index contributed by atoms with van der Waals surface area (Å²) in [6.45, 7) is 4.49. The molecule has 0 radical (unpaired) electrons. The van der Waals surface area contributed by atoms with Gasteiger partial charge in [-0.25, -0.2) is 13.8 Å². The van der Waals surface area contributed by atoms with Crippen molar-refractivity contribution in [3.05, 3.63) is 0 Å². The number of hydrogen-bond acceptors (Lipinski definition) is 6. The molecule has 8 heteroatoms. The molecule has 2 heterocycles. The quantitative estimate of drug-likeness (QED) is 0.502. The van der Waals surface area contributed by atoms with E-state index in [2.05, 4.69) is 28.4 Å². The van der Waals surface area contributed by atoms with Crippen molar-refractivity contribution >= 4 is 15.7 Å². The first-order chi connectivity index (χ1) is 14.5. The molecule has 172 valence electrons. The Morgan fingerprint density at radius 1 is 0.967 bits per heavy atom. The summed E-state index contributed by atoms with van der Waals surface area (Å²) in [5, 5.41) is 6.30. The Labute approximate surface area is 181 Å². The molecule has 0 bridgehead atoms. The molecular weight excluding hydrogens is 400 g/mol. The SMILES string of the molecule is CCC1CCCC(S(=O)(=O)C2CCC(CNC(=O)C3CNC4NNCC4C3)CC2)C1. The lowest BCUT2D eigenvalue weighted by molar-refractivity contribution is -0.126. The van der Waals surface area contributed by atoms with E-state index in [1.54, 1.807) is 0 Å². The van der Waals surface area contributed by atoms with E-state index in [-0.39, 0.29) is 28.5 Å². The summed E-state index contributed by atoms with van der Waals surface area (Å²) in [5.74, 6) is 1.64. The highest BCUT2D eigenvalue weighted by Crippen LogP contribution is 2.37. The maximum atomic E-state index is 13.2. The molecule has 0 aromatic heterocycles. The van der Waals surface area contributed by atoms with Crippen LogP contribution >= 0.6 is 0 Å². The molecule has 7 nitrogen and oxygen atoms in total. The molecule has 4 aliphatic rings. The number of hydrazine groups is 1. The normalized spacial score (nSPS) is 40.0. The molecule has 1 amide bonds. The third-order valence-electron chi connectivity index (χ3n) is 8.24. The summed E-state index contributed by atoms with van der Waals surface area (Å²) in [5.41, 5.74) is 6.36. The fourth-order valence-electron chi connectivity index (χ4n) is 6.13. The van der Waals surface area contributed by atoms with Crippen molar-refractivity contribution in [2.45, 2.75) is 87.8 Å². The van der Waals surface area contributed by atoms with Gasteiger partial charge < -0.3 is 5.32 Å². The largest absolute Gasteiger partial charge is 0.356 e. The van der Waals surface area contributed by atoms with Gasteiger partial charge in [-0.05, 0) is 56.8 Å². The molecule has 4 fully saturated rings. The molecular formula is C22H40N4O3S. The average molecular weight is 441 g/mol. The van der Waals surface area contributed by atoms with Crippen LogP contribution in [0.3, 0.4) is 0 Å². The van der Waals surface area contributed by atoms with Gasteiger partial charge in [-0.2, -0.15) is 0 Å². The lowest BCUT2D eigenvalue weighted by atomic mass is 9.87. The van der Waals surface area contributed by atoms with Crippen molar-refractivity contribution in [2.24, 2.45) is 23.7 Å². The van der Waals surface area contributed by atoms with Crippen molar-refractivity contribution in [3.8, 4) is 0 Å². The van der Waals surface area contributed by atoms with Crippen LogP contribution in [0, 0.1) is 23.7 Å². The van der Waals surface area contributed by atoms with E-state index in [0.717, 1.165) is 64.3 Å². The molecule has 5 atom stereocenters. The van der Waals surface area contributed by atoms with Crippen LogP contribution in [0.1, 0.15) is 71.1 Å². The van der Waals surface area contributed by atoms with E-state index < -0.39 is 9.84 Å². The Balaban J connectivity index is 1.20. The smallest absolute Gasteiger partial charge is 0.224 e. The number of carbonyl (C=O) groups is 1. The van der Waals surface area contributed by atoms with Crippen LogP contribution in [0.5, 0.6) is 0 Å². The Hall–Kier alpha value is -0.700. The van der Waals surface area contributed by atoms with Gasteiger partial charge in [0.15, 0.2) is 9.84 Å². The van der Waals surface area contributed by atoms with Gasteiger partial charge in [-0.15, -0.1) is 0 Å². The first kappa shape index (κ1) is 22.5. The zero-order valence-electron chi connectivity index (χ0n) is 18.4. The van der Waals surface area contributed by atoms with E-state index in [0.29, 0.717) is 30.8 Å². The number of amides is 1. The standard InChI is InChI=1S/C22H40N4O3S/c1-2-15-4-3-5-20(10-15)30(28,29)19-8-6-16(7-9-19)12-24-22(27)18-11-17-14-25-26-21(17)23-13-18/h15-21,23,25-26H,2-14H2,1H3,(H,24,27).